The normalized spacial score (nSPS) is 15.2. The molecule has 1 aliphatic heterocycles. The zero-order chi connectivity index (χ0) is 18.4. The van der Waals surface area contributed by atoms with E-state index < -0.39 is 5.97 Å². The van der Waals surface area contributed by atoms with Gasteiger partial charge in [-0.25, -0.2) is 4.79 Å². The van der Waals surface area contributed by atoms with Crippen LogP contribution in [0.4, 0.5) is 5.69 Å². The number of carboxylic acid groups (broad SMARTS) is 1. The summed E-state index contributed by atoms with van der Waals surface area (Å²) in [5, 5.41) is 9.34. The summed E-state index contributed by atoms with van der Waals surface area (Å²) in [7, 11) is 0. The van der Waals surface area contributed by atoms with E-state index in [-0.39, 0.29) is 6.61 Å². The average Bonchev–Trinajstić information content (AvgIpc) is 2.66. The number of anilines is 1. The molecule has 0 atom stereocenters. The van der Waals surface area contributed by atoms with Crippen LogP contribution in [0.3, 0.4) is 0 Å². The molecule has 0 aromatic heterocycles. The van der Waals surface area contributed by atoms with Gasteiger partial charge >= 0.3 is 5.97 Å². The monoisotopic (exact) mass is 374 g/mol. The van der Waals surface area contributed by atoms with Gasteiger partial charge in [0.25, 0.3) is 0 Å². The smallest absolute Gasteiger partial charge is 0.329 e. The van der Waals surface area contributed by atoms with Crippen molar-refractivity contribution in [1.29, 1.82) is 0 Å². The largest absolute Gasteiger partial charge is 0.480 e. The molecule has 0 saturated carbocycles. The maximum atomic E-state index is 10.5. The average molecular weight is 375 g/mol. The van der Waals surface area contributed by atoms with Gasteiger partial charge in [-0.05, 0) is 17.7 Å². The molecule has 0 aliphatic carbocycles. The number of piperazine rings is 1. The number of nitrogens with zero attached hydrogens (tertiary/aromatic N) is 2. The first-order chi connectivity index (χ1) is 12.6. The second-order valence-corrected chi connectivity index (χ2v) is 6.74. The fourth-order valence-electron chi connectivity index (χ4n) is 3.19. The van der Waals surface area contributed by atoms with Gasteiger partial charge in [-0.2, -0.15) is 0 Å². The van der Waals surface area contributed by atoms with Gasteiger partial charge in [0.2, 0.25) is 0 Å². The molecule has 0 amide bonds. The van der Waals surface area contributed by atoms with E-state index in [9.17, 15) is 4.79 Å². The first-order valence-corrected chi connectivity index (χ1v) is 9.13. The van der Waals surface area contributed by atoms with Gasteiger partial charge in [-0.1, -0.05) is 48.0 Å². The summed E-state index contributed by atoms with van der Waals surface area (Å²) in [6.45, 7) is 4.59. The molecular formula is C20H23ClN2O3. The first kappa shape index (κ1) is 18.7. The Balaban J connectivity index is 1.62. The molecule has 0 spiro atoms. The quantitative estimate of drug-likeness (QED) is 0.754. The summed E-state index contributed by atoms with van der Waals surface area (Å²) in [5.74, 6) is -0.927. The third-order valence-electron chi connectivity index (χ3n) is 4.53. The van der Waals surface area contributed by atoms with Crippen molar-refractivity contribution in [3.63, 3.8) is 0 Å². The Kier molecular flexibility index (Phi) is 6.50. The number of aliphatic carboxylic acids is 1. The summed E-state index contributed by atoms with van der Waals surface area (Å²) >= 11 is 6.26. The first-order valence-electron chi connectivity index (χ1n) is 8.75. The lowest BCUT2D eigenvalue weighted by atomic mass is 10.0. The Morgan fingerprint density at radius 1 is 1.08 bits per heavy atom. The van der Waals surface area contributed by atoms with Crippen LogP contribution >= 0.6 is 11.6 Å². The van der Waals surface area contributed by atoms with Crippen molar-refractivity contribution in [2.75, 3.05) is 50.8 Å². The number of ether oxygens (including phenoxy) is 1. The Labute approximate surface area is 158 Å². The third-order valence-corrected chi connectivity index (χ3v) is 4.77. The van der Waals surface area contributed by atoms with Crippen molar-refractivity contribution < 1.29 is 14.6 Å². The molecule has 138 valence electrons. The van der Waals surface area contributed by atoms with Gasteiger partial charge in [0.1, 0.15) is 6.61 Å². The third kappa shape index (κ3) is 4.97. The fourth-order valence-corrected chi connectivity index (χ4v) is 3.36. The van der Waals surface area contributed by atoms with E-state index in [2.05, 4.69) is 28.0 Å². The van der Waals surface area contributed by atoms with E-state index in [4.69, 9.17) is 21.4 Å². The summed E-state index contributed by atoms with van der Waals surface area (Å²) in [6, 6.07) is 16.4. The Bertz CT molecular complexity index is 731. The molecule has 0 radical (unpaired) electrons. The van der Waals surface area contributed by atoms with E-state index >= 15 is 0 Å². The standard InChI is InChI=1S/C20H23ClN2O3/c21-17-6-7-18(16-4-2-1-3-5-16)19(14-17)23-10-8-22(9-11-23)12-13-26-15-20(24)25/h1-7,14H,8-13,15H2,(H,24,25). The lowest BCUT2D eigenvalue weighted by Crippen LogP contribution is -2.47. The van der Waals surface area contributed by atoms with E-state index in [1.54, 1.807) is 0 Å². The maximum Gasteiger partial charge on any atom is 0.329 e. The molecule has 5 nitrogen and oxygen atoms in total. The van der Waals surface area contributed by atoms with Crippen molar-refractivity contribution in [1.82, 2.24) is 4.90 Å². The summed E-state index contributed by atoms with van der Waals surface area (Å²) in [5.41, 5.74) is 3.53. The molecule has 3 rings (SSSR count). The molecule has 1 heterocycles. The van der Waals surface area contributed by atoms with Crippen LogP contribution in [0.5, 0.6) is 0 Å². The Morgan fingerprint density at radius 2 is 1.81 bits per heavy atom. The second-order valence-electron chi connectivity index (χ2n) is 6.30. The molecule has 0 unspecified atom stereocenters. The number of hydrogen-bond acceptors (Lipinski definition) is 4. The van der Waals surface area contributed by atoms with Crippen molar-refractivity contribution in [3.8, 4) is 11.1 Å². The van der Waals surface area contributed by atoms with Crippen LogP contribution in [0, 0.1) is 0 Å². The van der Waals surface area contributed by atoms with E-state index in [0.717, 1.165) is 43.4 Å². The van der Waals surface area contributed by atoms with E-state index in [1.165, 1.54) is 11.1 Å². The van der Waals surface area contributed by atoms with Crippen molar-refractivity contribution in [2.45, 2.75) is 0 Å². The summed E-state index contributed by atoms with van der Waals surface area (Å²) in [6.07, 6.45) is 0. The predicted octanol–water partition coefficient (Wildman–Crippen LogP) is 3.23. The number of halogens is 1. The Hall–Kier alpha value is -2.08. The SMILES string of the molecule is O=C(O)COCCN1CCN(c2cc(Cl)ccc2-c2ccccc2)CC1. The lowest BCUT2D eigenvalue weighted by Gasteiger charge is -2.37. The van der Waals surface area contributed by atoms with Gasteiger partial charge in [-0.15, -0.1) is 0 Å². The molecule has 1 N–H and O–H groups in total. The van der Waals surface area contributed by atoms with Crippen LogP contribution in [-0.2, 0) is 9.53 Å². The number of hydrogen-bond donors (Lipinski definition) is 1. The molecule has 2 aromatic carbocycles. The zero-order valence-electron chi connectivity index (χ0n) is 14.6. The number of rotatable bonds is 7. The van der Waals surface area contributed by atoms with Crippen LogP contribution in [0.25, 0.3) is 11.1 Å². The van der Waals surface area contributed by atoms with Crippen LogP contribution in [0.1, 0.15) is 0 Å². The lowest BCUT2D eigenvalue weighted by molar-refractivity contribution is -0.142. The minimum atomic E-state index is -0.927. The number of benzene rings is 2. The topological polar surface area (TPSA) is 53.0 Å². The van der Waals surface area contributed by atoms with Gasteiger partial charge in [0.15, 0.2) is 0 Å². The van der Waals surface area contributed by atoms with Crippen LogP contribution in [0.15, 0.2) is 48.5 Å². The van der Waals surface area contributed by atoms with E-state index in [1.807, 2.05) is 30.3 Å². The zero-order valence-corrected chi connectivity index (χ0v) is 15.4. The molecule has 1 aliphatic rings. The van der Waals surface area contributed by atoms with Crippen molar-refractivity contribution >= 4 is 23.3 Å². The fraction of sp³-hybridized carbons (Fsp3) is 0.350. The van der Waals surface area contributed by atoms with Gasteiger partial charge in [0, 0.05) is 49.0 Å². The van der Waals surface area contributed by atoms with Crippen LogP contribution < -0.4 is 4.90 Å². The van der Waals surface area contributed by atoms with Crippen molar-refractivity contribution in [3.05, 3.63) is 53.6 Å². The number of carbonyl (C=O) groups is 1. The minimum absolute atomic E-state index is 0.233. The number of carboxylic acids is 1. The molecule has 2 aromatic rings. The molecule has 1 fully saturated rings. The highest BCUT2D eigenvalue weighted by Gasteiger charge is 2.20. The highest BCUT2D eigenvalue weighted by molar-refractivity contribution is 6.31. The Morgan fingerprint density at radius 3 is 2.50 bits per heavy atom. The van der Waals surface area contributed by atoms with Crippen molar-refractivity contribution in [2.24, 2.45) is 0 Å². The second kappa shape index (κ2) is 9.03. The highest BCUT2D eigenvalue weighted by Crippen LogP contribution is 2.33. The van der Waals surface area contributed by atoms with Crippen LogP contribution in [0.2, 0.25) is 5.02 Å². The van der Waals surface area contributed by atoms with Gasteiger partial charge < -0.3 is 14.7 Å². The molecule has 6 heteroatoms. The maximum absolute atomic E-state index is 10.5. The summed E-state index contributed by atoms with van der Waals surface area (Å²) in [4.78, 5) is 15.1. The van der Waals surface area contributed by atoms with E-state index in [0.29, 0.717) is 6.61 Å². The van der Waals surface area contributed by atoms with Gasteiger partial charge in [0.05, 0.1) is 6.61 Å². The molecule has 26 heavy (non-hydrogen) atoms. The predicted molar refractivity (Wildman–Crippen MR) is 104 cm³/mol. The molecular weight excluding hydrogens is 352 g/mol. The minimum Gasteiger partial charge on any atom is -0.480 e. The highest BCUT2D eigenvalue weighted by atomic mass is 35.5. The molecule has 0 bridgehead atoms. The van der Waals surface area contributed by atoms with Crippen LogP contribution in [-0.4, -0.2) is 61.9 Å². The van der Waals surface area contributed by atoms with Gasteiger partial charge in [-0.3, -0.25) is 4.90 Å². The molecule has 1 saturated heterocycles. The summed E-state index contributed by atoms with van der Waals surface area (Å²) < 4.78 is 5.13.